The Bertz CT molecular complexity index is 1010. The fourth-order valence-electron chi connectivity index (χ4n) is 5.03. The number of hydrogen-bond acceptors (Lipinski definition) is 4. The Morgan fingerprint density at radius 3 is 2.46 bits per heavy atom. The van der Waals surface area contributed by atoms with Gasteiger partial charge in [-0.2, -0.15) is 5.26 Å². The lowest BCUT2D eigenvalue weighted by molar-refractivity contribution is 0.124. The molecule has 140 valence electrons. The standard InChI is InChI=1S/C24H24N4/c25-14-18-15-26-23-9-5-4-8-22(23)24(18)27-19-12-20-10-11-21(13-19)28(20)16-17-6-2-1-3-7-17/h1-9,15,19-21H,10-13,16H2,(H,26,27). The molecule has 2 atom stereocenters. The van der Waals surface area contributed by atoms with Gasteiger partial charge in [0.2, 0.25) is 0 Å². The van der Waals surface area contributed by atoms with Crippen LogP contribution in [0.4, 0.5) is 5.69 Å². The topological polar surface area (TPSA) is 52.0 Å². The molecule has 3 heterocycles. The first-order chi connectivity index (χ1) is 13.8. The summed E-state index contributed by atoms with van der Waals surface area (Å²) in [4.78, 5) is 7.13. The van der Waals surface area contributed by atoms with Crippen molar-refractivity contribution in [3.63, 3.8) is 0 Å². The van der Waals surface area contributed by atoms with E-state index in [2.05, 4.69) is 57.7 Å². The Hall–Kier alpha value is -2.90. The van der Waals surface area contributed by atoms with Crippen LogP contribution < -0.4 is 5.32 Å². The molecule has 2 saturated heterocycles. The van der Waals surface area contributed by atoms with Crippen molar-refractivity contribution in [2.24, 2.45) is 0 Å². The number of para-hydroxylation sites is 1. The van der Waals surface area contributed by atoms with Crippen molar-refractivity contribution in [2.75, 3.05) is 5.32 Å². The fraction of sp³-hybridized carbons (Fsp3) is 0.333. The van der Waals surface area contributed by atoms with Gasteiger partial charge in [0.05, 0.1) is 16.8 Å². The Balaban J connectivity index is 1.37. The maximum absolute atomic E-state index is 9.59. The number of hydrogen-bond donors (Lipinski definition) is 1. The van der Waals surface area contributed by atoms with Crippen molar-refractivity contribution in [1.82, 2.24) is 9.88 Å². The lowest BCUT2D eigenvalue weighted by atomic mass is 9.95. The van der Waals surface area contributed by atoms with Crippen molar-refractivity contribution in [3.8, 4) is 6.07 Å². The third-order valence-electron chi connectivity index (χ3n) is 6.34. The van der Waals surface area contributed by atoms with E-state index in [9.17, 15) is 5.26 Å². The second kappa shape index (κ2) is 7.26. The molecule has 0 aliphatic carbocycles. The fourth-order valence-corrected chi connectivity index (χ4v) is 5.03. The average molecular weight is 368 g/mol. The molecular weight excluding hydrogens is 344 g/mol. The molecule has 0 spiro atoms. The van der Waals surface area contributed by atoms with E-state index < -0.39 is 0 Å². The molecule has 4 heteroatoms. The molecule has 2 bridgehead atoms. The summed E-state index contributed by atoms with van der Waals surface area (Å²) >= 11 is 0. The summed E-state index contributed by atoms with van der Waals surface area (Å²) in [6.07, 6.45) is 6.51. The summed E-state index contributed by atoms with van der Waals surface area (Å²) < 4.78 is 0. The summed E-state index contributed by atoms with van der Waals surface area (Å²) in [6.45, 7) is 1.05. The number of fused-ring (bicyclic) bond motifs is 3. The van der Waals surface area contributed by atoms with Gasteiger partial charge in [0.15, 0.2) is 0 Å². The predicted octanol–water partition coefficient (Wildman–Crippen LogP) is 4.71. The van der Waals surface area contributed by atoms with E-state index in [1.54, 1.807) is 6.20 Å². The van der Waals surface area contributed by atoms with E-state index in [-0.39, 0.29) is 0 Å². The first kappa shape index (κ1) is 17.2. The quantitative estimate of drug-likeness (QED) is 0.724. The Morgan fingerprint density at radius 2 is 1.71 bits per heavy atom. The third-order valence-corrected chi connectivity index (χ3v) is 6.34. The molecule has 1 aromatic heterocycles. The van der Waals surface area contributed by atoms with Crippen molar-refractivity contribution < 1.29 is 0 Å². The first-order valence-corrected chi connectivity index (χ1v) is 10.2. The van der Waals surface area contributed by atoms with Crippen LogP contribution in [0.5, 0.6) is 0 Å². The van der Waals surface area contributed by atoms with E-state index in [1.807, 2.05) is 18.2 Å². The molecule has 5 rings (SSSR count). The maximum atomic E-state index is 9.59. The lowest BCUT2D eigenvalue weighted by Gasteiger charge is -2.39. The number of nitriles is 1. The molecule has 0 amide bonds. The zero-order valence-electron chi connectivity index (χ0n) is 15.9. The summed E-state index contributed by atoms with van der Waals surface area (Å²) in [7, 11) is 0. The van der Waals surface area contributed by atoms with E-state index in [0.29, 0.717) is 23.7 Å². The minimum absolute atomic E-state index is 0.405. The van der Waals surface area contributed by atoms with Gasteiger partial charge in [0, 0.05) is 36.3 Å². The van der Waals surface area contributed by atoms with E-state index in [1.165, 1.54) is 18.4 Å². The van der Waals surface area contributed by atoms with Crippen molar-refractivity contribution in [3.05, 3.63) is 71.9 Å². The molecule has 0 radical (unpaired) electrons. The van der Waals surface area contributed by atoms with E-state index >= 15 is 0 Å². The monoisotopic (exact) mass is 368 g/mol. The average Bonchev–Trinajstić information content (AvgIpc) is 2.97. The van der Waals surface area contributed by atoms with Crippen LogP contribution in [0, 0.1) is 11.3 Å². The van der Waals surface area contributed by atoms with Crippen molar-refractivity contribution in [1.29, 1.82) is 5.26 Å². The summed E-state index contributed by atoms with van der Waals surface area (Å²) in [6, 6.07) is 22.8. The molecule has 4 nitrogen and oxygen atoms in total. The van der Waals surface area contributed by atoms with Gasteiger partial charge in [-0.15, -0.1) is 0 Å². The van der Waals surface area contributed by atoms with Gasteiger partial charge >= 0.3 is 0 Å². The van der Waals surface area contributed by atoms with Crippen LogP contribution >= 0.6 is 0 Å². The second-order valence-electron chi connectivity index (χ2n) is 8.03. The van der Waals surface area contributed by atoms with Crippen LogP contribution in [0.15, 0.2) is 60.8 Å². The minimum Gasteiger partial charge on any atom is -0.381 e. The van der Waals surface area contributed by atoms with Crippen LogP contribution in [0.2, 0.25) is 0 Å². The van der Waals surface area contributed by atoms with Crippen molar-refractivity contribution >= 4 is 16.6 Å². The lowest BCUT2D eigenvalue weighted by Crippen LogP contribution is -2.46. The van der Waals surface area contributed by atoms with Crippen LogP contribution in [0.3, 0.4) is 0 Å². The first-order valence-electron chi connectivity index (χ1n) is 10.2. The van der Waals surface area contributed by atoms with Gasteiger partial charge in [-0.1, -0.05) is 48.5 Å². The number of rotatable bonds is 4. The Kier molecular flexibility index (Phi) is 4.46. The van der Waals surface area contributed by atoms with Gasteiger partial charge < -0.3 is 5.32 Å². The molecule has 2 aliphatic rings. The number of benzene rings is 2. The number of piperidine rings is 1. The summed E-state index contributed by atoms with van der Waals surface area (Å²) in [5.74, 6) is 0. The van der Waals surface area contributed by atoms with Gasteiger partial charge in [-0.25, -0.2) is 0 Å². The highest BCUT2D eigenvalue weighted by atomic mass is 15.2. The molecule has 2 aliphatic heterocycles. The van der Waals surface area contributed by atoms with Crippen LogP contribution in [0.1, 0.15) is 36.8 Å². The molecule has 2 fully saturated rings. The van der Waals surface area contributed by atoms with Crippen molar-refractivity contribution in [2.45, 2.75) is 50.4 Å². The molecule has 0 saturated carbocycles. The highest BCUT2D eigenvalue weighted by molar-refractivity contribution is 5.93. The molecule has 3 aromatic rings. The Morgan fingerprint density at radius 1 is 1.00 bits per heavy atom. The summed E-state index contributed by atoms with van der Waals surface area (Å²) in [5, 5.41) is 14.4. The molecule has 2 aromatic carbocycles. The SMILES string of the molecule is N#Cc1cnc2ccccc2c1NC1CC2CCC(C1)N2Cc1ccccc1. The van der Waals surface area contributed by atoms with Gasteiger partial charge in [0.1, 0.15) is 6.07 Å². The van der Waals surface area contributed by atoms with Crippen LogP contribution in [-0.2, 0) is 6.54 Å². The normalized spacial score (nSPS) is 24.2. The smallest absolute Gasteiger partial charge is 0.103 e. The van der Waals surface area contributed by atoms with Gasteiger partial charge in [-0.3, -0.25) is 9.88 Å². The highest BCUT2D eigenvalue weighted by Gasteiger charge is 2.40. The number of pyridine rings is 1. The third kappa shape index (κ3) is 3.12. The second-order valence-corrected chi connectivity index (χ2v) is 8.03. The molecule has 2 unspecified atom stereocenters. The number of nitrogens with zero attached hydrogens (tertiary/aromatic N) is 3. The van der Waals surface area contributed by atoms with E-state index in [4.69, 9.17) is 0 Å². The zero-order chi connectivity index (χ0) is 18.9. The molecule has 1 N–H and O–H groups in total. The molecular formula is C24H24N4. The van der Waals surface area contributed by atoms with Gasteiger partial charge in [0.25, 0.3) is 0 Å². The van der Waals surface area contributed by atoms with Crippen LogP contribution in [0.25, 0.3) is 10.9 Å². The Labute approximate surface area is 165 Å². The number of nitrogens with one attached hydrogen (secondary N) is 1. The number of aromatic nitrogens is 1. The maximum Gasteiger partial charge on any atom is 0.103 e. The zero-order valence-corrected chi connectivity index (χ0v) is 15.9. The highest BCUT2D eigenvalue weighted by Crippen LogP contribution is 2.39. The van der Waals surface area contributed by atoms with Gasteiger partial charge in [-0.05, 0) is 37.3 Å². The van der Waals surface area contributed by atoms with Crippen LogP contribution in [-0.4, -0.2) is 28.0 Å². The van der Waals surface area contributed by atoms with E-state index in [0.717, 1.165) is 36.0 Å². The predicted molar refractivity (Wildman–Crippen MR) is 112 cm³/mol. The minimum atomic E-state index is 0.405. The largest absolute Gasteiger partial charge is 0.381 e. The molecule has 28 heavy (non-hydrogen) atoms. The summed E-state index contributed by atoms with van der Waals surface area (Å²) in [5.41, 5.74) is 3.93. The number of anilines is 1.